The Kier molecular flexibility index (Phi) is 6.87. The van der Waals surface area contributed by atoms with Crippen molar-refractivity contribution in [1.29, 1.82) is 0 Å². The van der Waals surface area contributed by atoms with Crippen LogP contribution in [0.5, 0.6) is 5.75 Å². The molecule has 0 unspecified atom stereocenters. The molecule has 8 heteroatoms. The lowest BCUT2D eigenvalue weighted by atomic mass is 10.1. The van der Waals surface area contributed by atoms with Gasteiger partial charge in [-0.1, -0.05) is 17.7 Å². The summed E-state index contributed by atoms with van der Waals surface area (Å²) < 4.78 is 17.9. The Balaban J connectivity index is 1.74. The van der Waals surface area contributed by atoms with E-state index in [1.165, 1.54) is 31.2 Å². The molecule has 0 saturated carbocycles. The van der Waals surface area contributed by atoms with E-state index in [9.17, 15) is 18.8 Å². The van der Waals surface area contributed by atoms with Crippen LogP contribution in [0.25, 0.3) is 0 Å². The maximum Gasteiger partial charge on any atom is 0.276 e. The van der Waals surface area contributed by atoms with Crippen molar-refractivity contribution in [3.05, 3.63) is 65.5 Å². The number of nitrogens with one attached hydrogen (secondary N) is 3. The van der Waals surface area contributed by atoms with Crippen LogP contribution < -0.4 is 20.9 Å². The third kappa shape index (κ3) is 6.43. The highest BCUT2D eigenvalue weighted by Crippen LogP contribution is 2.10. The summed E-state index contributed by atoms with van der Waals surface area (Å²) in [5.41, 5.74) is 5.74. The number of halogens is 1. The minimum absolute atomic E-state index is 0.316. The van der Waals surface area contributed by atoms with Crippen molar-refractivity contribution >= 4 is 17.7 Å². The summed E-state index contributed by atoms with van der Waals surface area (Å²) in [5, 5.41) is 2.54. The van der Waals surface area contributed by atoms with Gasteiger partial charge in [-0.3, -0.25) is 25.2 Å². The number of aryl methyl sites for hydroxylation is 1. The highest BCUT2D eigenvalue weighted by atomic mass is 19.1. The molecule has 0 saturated heterocycles. The quantitative estimate of drug-likeness (QED) is 0.668. The summed E-state index contributed by atoms with van der Waals surface area (Å²) in [6.07, 6.45) is 0. The van der Waals surface area contributed by atoms with Crippen molar-refractivity contribution in [3.8, 4) is 5.75 Å². The van der Waals surface area contributed by atoms with Crippen LogP contribution in [-0.4, -0.2) is 30.4 Å². The monoisotopic (exact) mass is 373 g/mol. The molecule has 142 valence electrons. The lowest BCUT2D eigenvalue weighted by Gasteiger charge is -2.15. The third-order valence-electron chi connectivity index (χ3n) is 3.53. The van der Waals surface area contributed by atoms with Gasteiger partial charge in [-0.25, -0.2) is 4.39 Å². The van der Waals surface area contributed by atoms with E-state index in [-0.39, 0.29) is 6.61 Å². The van der Waals surface area contributed by atoms with Crippen molar-refractivity contribution in [3.63, 3.8) is 0 Å². The highest BCUT2D eigenvalue weighted by molar-refractivity contribution is 5.97. The molecular weight excluding hydrogens is 353 g/mol. The van der Waals surface area contributed by atoms with E-state index in [2.05, 4.69) is 16.2 Å². The molecule has 2 aromatic carbocycles. The van der Waals surface area contributed by atoms with E-state index in [0.717, 1.165) is 5.56 Å². The lowest BCUT2D eigenvalue weighted by molar-refractivity contribution is -0.130. The summed E-state index contributed by atoms with van der Waals surface area (Å²) in [6.45, 7) is 2.98. The van der Waals surface area contributed by atoms with Crippen LogP contribution in [0.15, 0.2) is 48.5 Å². The van der Waals surface area contributed by atoms with Gasteiger partial charge in [-0.2, -0.15) is 0 Å². The van der Waals surface area contributed by atoms with Crippen molar-refractivity contribution < 1.29 is 23.5 Å². The Hall–Kier alpha value is -3.42. The van der Waals surface area contributed by atoms with E-state index in [0.29, 0.717) is 11.3 Å². The Bertz CT molecular complexity index is 824. The largest absolute Gasteiger partial charge is 0.484 e. The first-order valence-corrected chi connectivity index (χ1v) is 8.20. The second-order valence-corrected chi connectivity index (χ2v) is 5.84. The standard InChI is InChI=1S/C19H20FN3O4/c1-12-4-3-5-14(10-12)19(26)21-13(2)18(25)23-22-17(24)11-27-16-8-6-15(20)7-9-16/h3-10,13H,11H2,1-2H3,(H,21,26)(H,22,24)(H,23,25)/t13-/m0/s1. The smallest absolute Gasteiger partial charge is 0.276 e. The minimum Gasteiger partial charge on any atom is -0.484 e. The van der Waals surface area contributed by atoms with Gasteiger partial charge in [0, 0.05) is 5.56 Å². The predicted octanol–water partition coefficient (Wildman–Crippen LogP) is 1.48. The number of hydrazine groups is 1. The fourth-order valence-corrected chi connectivity index (χ4v) is 2.09. The lowest BCUT2D eigenvalue weighted by Crippen LogP contribution is -2.51. The molecule has 3 amide bonds. The SMILES string of the molecule is Cc1cccc(C(=O)N[C@@H](C)C(=O)NNC(=O)COc2ccc(F)cc2)c1. The first kappa shape index (κ1) is 19.9. The third-order valence-corrected chi connectivity index (χ3v) is 3.53. The van der Waals surface area contributed by atoms with Crippen molar-refractivity contribution in [1.82, 2.24) is 16.2 Å². The Morgan fingerprint density at radius 3 is 2.44 bits per heavy atom. The van der Waals surface area contributed by atoms with Crippen LogP contribution in [0.1, 0.15) is 22.8 Å². The van der Waals surface area contributed by atoms with Crippen molar-refractivity contribution in [2.45, 2.75) is 19.9 Å². The number of hydrogen-bond donors (Lipinski definition) is 3. The number of amides is 3. The predicted molar refractivity (Wildman–Crippen MR) is 96.3 cm³/mol. The van der Waals surface area contributed by atoms with Gasteiger partial charge in [0.05, 0.1) is 0 Å². The number of hydrogen-bond acceptors (Lipinski definition) is 4. The second-order valence-electron chi connectivity index (χ2n) is 5.84. The Morgan fingerprint density at radius 2 is 1.78 bits per heavy atom. The zero-order valence-electron chi connectivity index (χ0n) is 14.9. The van der Waals surface area contributed by atoms with E-state index < -0.39 is 29.6 Å². The molecular formula is C19H20FN3O4. The minimum atomic E-state index is -0.865. The van der Waals surface area contributed by atoms with Gasteiger partial charge in [0.2, 0.25) is 0 Å². The first-order chi connectivity index (χ1) is 12.8. The molecule has 0 aliphatic rings. The highest BCUT2D eigenvalue weighted by Gasteiger charge is 2.17. The fraction of sp³-hybridized carbons (Fsp3) is 0.211. The van der Waals surface area contributed by atoms with Crippen molar-refractivity contribution in [2.24, 2.45) is 0 Å². The molecule has 1 atom stereocenters. The first-order valence-electron chi connectivity index (χ1n) is 8.20. The molecule has 0 aromatic heterocycles. The molecule has 0 aliphatic heterocycles. The molecule has 0 fully saturated rings. The number of rotatable bonds is 6. The molecule has 2 rings (SSSR count). The van der Waals surface area contributed by atoms with E-state index in [1.54, 1.807) is 18.2 Å². The summed E-state index contributed by atoms with van der Waals surface area (Å²) >= 11 is 0. The number of benzene rings is 2. The number of carbonyl (C=O) groups excluding carboxylic acids is 3. The van der Waals surface area contributed by atoms with Gasteiger partial charge < -0.3 is 10.1 Å². The van der Waals surface area contributed by atoms with Gasteiger partial charge in [0.1, 0.15) is 17.6 Å². The molecule has 3 N–H and O–H groups in total. The van der Waals surface area contributed by atoms with Crippen LogP contribution in [0.4, 0.5) is 4.39 Å². The van der Waals surface area contributed by atoms with Gasteiger partial charge in [-0.05, 0) is 50.2 Å². The van der Waals surface area contributed by atoms with E-state index in [1.807, 2.05) is 13.0 Å². The van der Waals surface area contributed by atoms with Crippen LogP contribution in [-0.2, 0) is 9.59 Å². The maximum absolute atomic E-state index is 12.8. The van der Waals surface area contributed by atoms with Crippen LogP contribution in [0.2, 0.25) is 0 Å². The fourth-order valence-electron chi connectivity index (χ4n) is 2.09. The average molecular weight is 373 g/mol. The normalized spacial score (nSPS) is 11.2. The summed E-state index contributed by atoms with van der Waals surface area (Å²) in [7, 11) is 0. The van der Waals surface area contributed by atoms with Crippen LogP contribution in [0.3, 0.4) is 0 Å². The summed E-state index contributed by atoms with van der Waals surface area (Å²) in [6, 6.07) is 11.2. The van der Waals surface area contributed by atoms with E-state index in [4.69, 9.17) is 4.74 Å². The van der Waals surface area contributed by atoms with Crippen LogP contribution in [0, 0.1) is 12.7 Å². The van der Waals surface area contributed by atoms with Gasteiger partial charge >= 0.3 is 0 Å². The van der Waals surface area contributed by atoms with E-state index >= 15 is 0 Å². The molecule has 0 spiro atoms. The summed E-state index contributed by atoms with van der Waals surface area (Å²) in [5.74, 6) is -1.69. The maximum atomic E-state index is 12.8. The zero-order valence-corrected chi connectivity index (χ0v) is 14.9. The molecule has 2 aromatic rings. The summed E-state index contributed by atoms with van der Waals surface area (Å²) in [4.78, 5) is 35.8. The molecule has 0 radical (unpaired) electrons. The molecule has 27 heavy (non-hydrogen) atoms. The molecule has 7 nitrogen and oxygen atoms in total. The molecule has 0 heterocycles. The second kappa shape index (κ2) is 9.33. The molecule has 0 aliphatic carbocycles. The van der Waals surface area contributed by atoms with Gasteiger partial charge in [0.15, 0.2) is 6.61 Å². The number of carbonyl (C=O) groups is 3. The molecule has 0 bridgehead atoms. The number of ether oxygens (including phenoxy) is 1. The van der Waals surface area contributed by atoms with Crippen molar-refractivity contribution in [2.75, 3.05) is 6.61 Å². The van der Waals surface area contributed by atoms with Gasteiger partial charge in [0.25, 0.3) is 17.7 Å². The van der Waals surface area contributed by atoms with Gasteiger partial charge in [-0.15, -0.1) is 0 Å². The topological polar surface area (TPSA) is 96.5 Å². The Labute approximate surface area is 155 Å². The van der Waals surface area contributed by atoms with Crippen LogP contribution >= 0.6 is 0 Å². The zero-order chi connectivity index (χ0) is 19.8. The average Bonchev–Trinajstić information content (AvgIpc) is 2.65. The Morgan fingerprint density at radius 1 is 1.07 bits per heavy atom.